The van der Waals surface area contributed by atoms with E-state index in [1.54, 1.807) is 0 Å². The monoisotopic (exact) mass is 373 g/mol. The fourth-order valence-corrected chi connectivity index (χ4v) is 2.29. The number of rotatable bonds is 8. The number of unbranched alkanes of at least 4 members (excludes halogenated alkanes) is 1. The van der Waals surface area contributed by atoms with Crippen LogP contribution in [0.5, 0.6) is 0 Å². The van der Waals surface area contributed by atoms with Crippen LogP contribution in [0.2, 0.25) is 0 Å². The van der Waals surface area contributed by atoms with E-state index >= 15 is 0 Å². The molecule has 1 rings (SSSR count). The molecule has 0 spiro atoms. The number of methoxy groups -OCH3 is 1. The standard InChI is InChI=1S/C18H26F3N3O2/c1-4-22-17(23-12-6-5-7-16(25)26-3)24(2)13-14-8-10-15(11-9-14)18(19,20)21/h8-11H,4-7,12-13H2,1-3H3,(H,22,23). The van der Waals surface area contributed by atoms with Gasteiger partial charge in [0.25, 0.3) is 0 Å². The number of carbonyl (C=O) groups is 1. The summed E-state index contributed by atoms with van der Waals surface area (Å²) in [5.41, 5.74) is 0.104. The summed E-state index contributed by atoms with van der Waals surface area (Å²) < 4.78 is 42.4. The molecule has 8 heteroatoms. The molecule has 0 unspecified atom stereocenters. The van der Waals surface area contributed by atoms with Gasteiger partial charge in [-0.2, -0.15) is 13.2 Å². The number of hydrogen-bond acceptors (Lipinski definition) is 3. The Bertz CT molecular complexity index is 586. The molecule has 26 heavy (non-hydrogen) atoms. The van der Waals surface area contributed by atoms with Gasteiger partial charge in [0.05, 0.1) is 12.7 Å². The molecular weight excluding hydrogens is 347 g/mol. The maximum absolute atomic E-state index is 12.6. The van der Waals surface area contributed by atoms with Gasteiger partial charge in [0.15, 0.2) is 5.96 Å². The predicted octanol–water partition coefficient (Wildman–Crippen LogP) is 3.45. The topological polar surface area (TPSA) is 53.9 Å². The fraction of sp³-hybridized carbons (Fsp3) is 0.556. The molecule has 0 aliphatic heterocycles. The summed E-state index contributed by atoms with van der Waals surface area (Å²) in [5, 5.41) is 3.15. The maximum Gasteiger partial charge on any atom is 0.416 e. The quantitative estimate of drug-likeness (QED) is 0.328. The number of ether oxygens (including phenoxy) is 1. The lowest BCUT2D eigenvalue weighted by molar-refractivity contribution is -0.140. The van der Waals surface area contributed by atoms with Crippen molar-refractivity contribution in [3.05, 3.63) is 35.4 Å². The Labute approximate surface area is 152 Å². The molecule has 0 aromatic heterocycles. The molecule has 0 fully saturated rings. The first-order valence-corrected chi connectivity index (χ1v) is 8.50. The van der Waals surface area contributed by atoms with Crippen LogP contribution in [0.3, 0.4) is 0 Å². The Kier molecular flexibility index (Phi) is 8.95. The lowest BCUT2D eigenvalue weighted by atomic mass is 10.1. The van der Waals surface area contributed by atoms with Crippen LogP contribution in [-0.4, -0.2) is 44.1 Å². The average Bonchev–Trinajstić information content (AvgIpc) is 2.59. The molecule has 0 saturated heterocycles. The van der Waals surface area contributed by atoms with Crippen molar-refractivity contribution in [2.45, 2.75) is 38.9 Å². The summed E-state index contributed by atoms with van der Waals surface area (Å²) in [6.45, 7) is 3.61. The molecule has 0 amide bonds. The second-order valence-corrected chi connectivity index (χ2v) is 5.82. The van der Waals surface area contributed by atoms with Gasteiger partial charge in [0, 0.05) is 33.1 Å². The van der Waals surface area contributed by atoms with Crippen LogP contribution in [0, 0.1) is 0 Å². The van der Waals surface area contributed by atoms with Gasteiger partial charge in [-0.1, -0.05) is 12.1 Å². The number of carbonyl (C=O) groups excluding carboxylic acids is 1. The molecule has 0 bridgehead atoms. The van der Waals surface area contributed by atoms with Gasteiger partial charge in [-0.15, -0.1) is 0 Å². The SMILES string of the molecule is CCNC(=NCCCCC(=O)OC)N(C)Cc1ccc(C(F)(F)F)cc1. The highest BCUT2D eigenvalue weighted by Gasteiger charge is 2.29. The zero-order chi connectivity index (χ0) is 19.6. The highest BCUT2D eigenvalue weighted by molar-refractivity contribution is 5.79. The number of nitrogens with zero attached hydrogens (tertiary/aromatic N) is 2. The second kappa shape index (κ2) is 10.7. The van der Waals surface area contributed by atoms with Crippen LogP contribution in [0.4, 0.5) is 13.2 Å². The number of aliphatic imine (C=N–C) groups is 1. The lowest BCUT2D eigenvalue weighted by Crippen LogP contribution is -2.38. The third-order valence-corrected chi connectivity index (χ3v) is 3.68. The molecule has 0 radical (unpaired) electrons. The van der Waals surface area contributed by atoms with Gasteiger partial charge in [0.2, 0.25) is 0 Å². The van der Waals surface area contributed by atoms with Crippen LogP contribution in [0.15, 0.2) is 29.3 Å². The van der Waals surface area contributed by atoms with Crippen molar-refractivity contribution in [2.24, 2.45) is 4.99 Å². The van der Waals surface area contributed by atoms with E-state index in [4.69, 9.17) is 0 Å². The van der Waals surface area contributed by atoms with Crippen LogP contribution >= 0.6 is 0 Å². The molecule has 146 valence electrons. The smallest absolute Gasteiger partial charge is 0.416 e. The third-order valence-electron chi connectivity index (χ3n) is 3.68. The van der Waals surface area contributed by atoms with Crippen LogP contribution < -0.4 is 5.32 Å². The van der Waals surface area contributed by atoms with Gasteiger partial charge in [-0.25, -0.2) is 0 Å². The molecule has 0 atom stereocenters. The van der Waals surface area contributed by atoms with Gasteiger partial charge in [-0.3, -0.25) is 9.79 Å². The third kappa shape index (κ3) is 7.76. The molecular formula is C18H26F3N3O2. The van der Waals surface area contributed by atoms with E-state index in [0.717, 1.165) is 24.1 Å². The van der Waals surface area contributed by atoms with Crippen molar-refractivity contribution < 1.29 is 22.7 Å². The van der Waals surface area contributed by atoms with E-state index in [1.807, 2.05) is 18.9 Å². The number of hydrogen-bond donors (Lipinski definition) is 1. The molecule has 1 aromatic rings. The summed E-state index contributed by atoms with van der Waals surface area (Å²) >= 11 is 0. The minimum atomic E-state index is -4.33. The Balaban J connectivity index is 2.60. The van der Waals surface area contributed by atoms with Crippen LogP contribution in [-0.2, 0) is 22.3 Å². The zero-order valence-corrected chi connectivity index (χ0v) is 15.4. The number of alkyl halides is 3. The Hall–Kier alpha value is -2.25. The van der Waals surface area contributed by atoms with Crippen LogP contribution in [0.1, 0.15) is 37.3 Å². The predicted molar refractivity (Wildman–Crippen MR) is 94.8 cm³/mol. The number of halogens is 3. The molecule has 0 aliphatic carbocycles. The summed E-state index contributed by atoms with van der Waals surface area (Å²) in [4.78, 5) is 17.4. The number of esters is 1. The minimum absolute atomic E-state index is 0.236. The second-order valence-electron chi connectivity index (χ2n) is 5.82. The normalized spacial score (nSPS) is 12.0. The van der Waals surface area contributed by atoms with E-state index < -0.39 is 11.7 Å². The fourth-order valence-electron chi connectivity index (χ4n) is 2.29. The Morgan fingerprint density at radius 2 is 1.88 bits per heavy atom. The Morgan fingerprint density at radius 3 is 2.42 bits per heavy atom. The van der Waals surface area contributed by atoms with Gasteiger partial charge < -0.3 is 15.0 Å². The first kappa shape index (κ1) is 21.8. The van der Waals surface area contributed by atoms with Crippen molar-refractivity contribution in [3.8, 4) is 0 Å². The number of benzene rings is 1. The van der Waals surface area contributed by atoms with Crippen molar-refractivity contribution in [3.63, 3.8) is 0 Å². The zero-order valence-electron chi connectivity index (χ0n) is 15.4. The molecule has 0 saturated carbocycles. The van der Waals surface area contributed by atoms with E-state index in [2.05, 4.69) is 15.0 Å². The highest BCUT2D eigenvalue weighted by Crippen LogP contribution is 2.29. The number of nitrogens with one attached hydrogen (secondary N) is 1. The highest BCUT2D eigenvalue weighted by atomic mass is 19.4. The minimum Gasteiger partial charge on any atom is -0.469 e. The van der Waals surface area contributed by atoms with E-state index in [0.29, 0.717) is 38.4 Å². The van der Waals surface area contributed by atoms with Crippen molar-refractivity contribution >= 4 is 11.9 Å². The van der Waals surface area contributed by atoms with Gasteiger partial charge >= 0.3 is 12.1 Å². The molecule has 0 aliphatic rings. The van der Waals surface area contributed by atoms with Gasteiger partial charge in [-0.05, 0) is 37.5 Å². The van der Waals surface area contributed by atoms with Crippen molar-refractivity contribution in [1.82, 2.24) is 10.2 Å². The maximum atomic E-state index is 12.6. The van der Waals surface area contributed by atoms with Crippen molar-refractivity contribution in [2.75, 3.05) is 27.2 Å². The number of guanidine groups is 1. The summed E-state index contributed by atoms with van der Waals surface area (Å²) in [5.74, 6) is 0.436. The first-order chi connectivity index (χ1) is 12.3. The largest absolute Gasteiger partial charge is 0.469 e. The van der Waals surface area contributed by atoms with E-state index in [1.165, 1.54) is 19.2 Å². The average molecular weight is 373 g/mol. The van der Waals surface area contributed by atoms with Crippen molar-refractivity contribution in [1.29, 1.82) is 0 Å². The molecule has 1 N–H and O–H groups in total. The van der Waals surface area contributed by atoms with Crippen LogP contribution in [0.25, 0.3) is 0 Å². The molecule has 0 heterocycles. The first-order valence-electron chi connectivity index (χ1n) is 8.50. The summed E-state index contributed by atoms with van der Waals surface area (Å²) in [6, 6.07) is 5.11. The van der Waals surface area contributed by atoms with E-state index in [-0.39, 0.29) is 5.97 Å². The Morgan fingerprint density at radius 1 is 1.23 bits per heavy atom. The van der Waals surface area contributed by atoms with Gasteiger partial charge in [0.1, 0.15) is 0 Å². The van der Waals surface area contributed by atoms with E-state index in [9.17, 15) is 18.0 Å². The lowest BCUT2D eigenvalue weighted by Gasteiger charge is -2.22. The summed E-state index contributed by atoms with van der Waals surface area (Å²) in [6.07, 6.45) is -2.52. The molecule has 5 nitrogen and oxygen atoms in total. The molecule has 1 aromatic carbocycles. The summed E-state index contributed by atoms with van der Waals surface area (Å²) in [7, 11) is 3.19.